The van der Waals surface area contributed by atoms with Gasteiger partial charge in [-0.3, -0.25) is 0 Å². The Morgan fingerprint density at radius 1 is 1.00 bits per heavy atom. The topological polar surface area (TPSA) is 12.0 Å². The summed E-state index contributed by atoms with van der Waals surface area (Å²) < 4.78 is 0. The van der Waals surface area contributed by atoms with Gasteiger partial charge in [-0.1, -0.05) is 65.8 Å². The molecule has 0 aliphatic heterocycles. The molecular formula is C18H31N. The van der Waals surface area contributed by atoms with E-state index in [1.54, 1.807) is 0 Å². The fourth-order valence-electron chi connectivity index (χ4n) is 2.47. The van der Waals surface area contributed by atoms with Crippen LogP contribution in [0.1, 0.15) is 77.5 Å². The Morgan fingerprint density at radius 2 is 1.53 bits per heavy atom. The van der Waals surface area contributed by atoms with Gasteiger partial charge in [0.15, 0.2) is 0 Å². The summed E-state index contributed by atoms with van der Waals surface area (Å²) in [7, 11) is 0. The van der Waals surface area contributed by atoms with Crippen LogP contribution in [-0.2, 0) is 0 Å². The predicted octanol–water partition coefficient (Wildman–Crippen LogP) is 5.29. The van der Waals surface area contributed by atoms with Gasteiger partial charge in [-0.2, -0.15) is 0 Å². The predicted molar refractivity (Wildman–Crippen MR) is 85.6 cm³/mol. The fraction of sp³-hybridized carbons (Fsp3) is 0.667. The molecule has 108 valence electrons. The first kappa shape index (κ1) is 16.2. The molecule has 1 aromatic carbocycles. The highest BCUT2D eigenvalue weighted by Gasteiger charge is 2.25. The number of hydrogen-bond donors (Lipinski definition) is 1. The van der Waals surface area contributed by atoms with Gasteiger partial charge < -0.3 is 5.32 Å². The largest absolute Gasteiger partial charge is 0.309 e. The molecule has 0 heterocycles. The Balaban J connectivity index is 2.91. The van der Waals surface area contributed by atoms with E-state index in [1.165, 1.54) is 24.0 Å². The van der Waals surface area contributed by atoms with Gasteiger partial charge in [-0.05, 0) is 41.8 Å². The minimum absolute atomic E-state index is 0.243. The zero-order chi connectivity index (χ0) is 14.5. The van der Waals surface area contributed by atoms with Crippen molar-refractivity contribution >= 4 is 0 Å². The molecule has 0 aromatic heterocycles. The van der Waals surface area contributed by atoms with Crippen LogP contribution < -0.4 is 5.32 Å². The average molecular weight is 261 g/mol. The van der Waals surface area contributed by atoms with E-state index in [9.17, 15) is 0 Å². The summed E-state index contributed by atoms with van der Waals surface area (Å²) in [5.74, 6) is 0.658. The summed E-state index contributed by atoms with van der Waals surface area (Å²) >= 11 is 0. The summed E-state index contributed by atoms with van der Waals surface area (Å²) in [5, 5.41) is 3.69. The molecule has 1 N–H and O–H groups in total. The van der Waals surface area contributed by atoms with Gasteiger partial charge in [0, 0.05) is 6.04 Å². The van der Waals surface area contributed by atoms with Crippen molar-refractivity contribution in [1.82, 2.24) is 5.32 Å². The van der Waals surface area contributed by atoms with Gasteiger partial charge in [-0.25, -0.2) is 0 Å². The Morgan fingerprint density at radius 3 is 1.95 bits per heavy atom. The molecule has 0 amide bonds. The quantitative estimate of drug-likeness (QED) is 0.734. The highest BCUT2D eigenvalue weighted by Crippen LogP contribution is 2.33. The molecule has 0 radical (unpaired) electrons. The Labute approximate surface area is 119 Å². The lowest BCUT2D eigenvalue weighted by molar-refractivity contribution is 0.273. The molecule has 0 saturated carbocycles. The van der Waals surface area contributed by atoms with Gasteiger partial charge in [0.2, 0.25) is 0 Å². The van der Waals surface area contributed by atoms with Gasteiger partial charge in [0.1, 0.15) is 0 Å². The lowest BCUT2D eigenvalue weighted by Gasteiger charge is -2.32. The van der Waals surface area contributed by atoms with Crippen LogP contribution in [0, 0.1) is 5.41 Å². The van der Waals surface area contributed by atoms with Crippen molar-refractivity contribution in [3.8, 4) is 0 Å². The van der Waals surface area contributed by atoms with E-state index in [0.717, 1.165) is 6.54 Å². The third-order valence-corrected chi connectivity index (χ3v) is 3.92. The van der Waals surface area contributed by atoms with Crippen LogP contribution in [0.3, 0.4) is 0 Å². The maximum absolute atomic E-state index is 3.69. The molecule has 0 aliphatic carbocycles. The van der Waals surface area contributed by atoms with E-state index in [2.05, 4.69) is 71.1 Å². The van der Waals surface area contributed by atoms with E-state index in [1.807, 2.05) is 0 Å². The van der Waals surface area contributed by atoms with Crippen LogP contribution in [0.15, 0.2) is 24.3 Å². The highest BCUT2D eigenvalue weighted by molar-refractivity contribution is 5.28. The van der Waals surface area contributed by atoms with Crippen molar-refractivity contribution in [3.63, 3.8) is 0 Å². The first-order valence-electron chi connectivity index (χ1n) is 7.73. The van der Waals surface area contributed by atoms with E-state index in [-0.39, 0.29) is 5.41 Å². The molecule has 0 saturated heterocycles. The molecule has 1 nitrogen and oxygen atoms in total. The van der Waals surface area contributed by atoms with Crippen LogP contribution >= 0.6 is 0 Å². The van der Waals surface area contributed by atoms with Crippen LogP contribution in [0.4, 0.5) is 0 Å². The zero-order valence-corrected chi connectivity index (χ0v) is 13.6. The normalized spacial score (nSPS) is 15.3. The van der Waals surface area contributed by atoms with Crippen molar-refractivity contribution in [2.24, 2.45) is 5.41 Å². The maximum atomic E-state index is 3.69. The zero-order valence-electron chi connectivity index (χ0n) is 13.6. The molecule has 2 unspecified atom stereocenters. The van der Waals surface area contributed by atoms with Crippen LogP contribution in [0.25, 0.3) is 0 Å². The smallest absolute Gasteiger partial charge is 0.0369 e. The monoisotopic (exact) mass is 261 g/mol. The minimum Gasteiger partial charge on any atom is -0.309 e. The molecule has 0 fully saturated rings. The lowest BCUT2D eigenvalue weighted by Crippen LogP contribution is -2.32. The standard InChI is InChI=1S/C18H31N/c1-7-13-19-17(18(4,5)6)16-11-9-15(10-12-16)14(3)8-2/h9-12,14,17,19H,7-8,13H2,1-6H3. The molecule has 1 aromatic rings. The Kier molecular flexibility index (Phi) is 6.06. The molecule has 1 rings (SSSR count). The molecule has 0 spiro atoms. The third kappa shape index (κ3) is 4.65. The number of nitrogens with one attached hydrogen (secondary N) is 1. The van der Waals surface area contributed by atoms with E-state index >= 15 is 0 Å². The summed E-state index contributed by atoms with van der Waals surface area (Å²) in [6.07, 6.45) is 2.38. The van der Waals surface area contributed by atoms with Crippen molar-refractivity contribution in [2.45, 2.75) is 66.3 Å². The van der Waals surface area contributed by atoms with Gasteiger partial charge >= 0.3 is 0 Å². The SMILES string of the molecule is CCCNC(c1ccc(C(C)CC)cc1)C(C)(C)C. The van der Waals surface area contributed by atoms with Crippen LogP contribution in [-0.4, -0.2) is 6.54 Å². The highest BCUT2D eigenvalue weighted by atomic mass is 14.9. The molecule has 0 aliphatic rings. The molecule has 1 heteroatoms. The molecular weight excluding hydrogens is 230 g/mol. The number of rotatable bonds is 6. The second kappa shape index (κ2) is 7.09. The van der Waals surface area contributed by atoms with Gasteiger partial charge in [-0.15, -0.1) is 0 Å². The van der Waals surface area contributed by atoms with Crippen molar-refractivity contribution in [2.75, 3.05) is 6.54 Å². The molecule has 2 atom stereocenters. The fourth-order valence-corrected chi connectivity index (χ4v) is 2.47. The summed E-state index contributed by atoms with van der Waals surface area (Å²) in [6.45, 7) is 14.8. The van der Waals surface area contributed by atoms with E-state index in [0.29, 0.717) is 12.0 Å². The lowest BCUT2D eigenvalue weighted by atomic mass is 9.81. The molecule has 19 heavy (non-hydrogen) atoms. The van der Waals surface area contributed by atoms with E-state index in [4.69, 9.17) is 0 Å². The van der Waals surface area contributed by atoms with Crippen molar-refractivity contribution in [3.05, 3.63) is 35.4 Å². The van der Waals surface area contributed by atoms with Crippen molar-refractivity contribution in [1.29, 1.82) is 0 Å². The minimum atomic E-state index is 0.243. The van der Waals surface area contributed by atoms with Gasteiger partial charge in [0.25, 0.3) is 0 Å². The maximum Gasteiger partial charge on any atom is 0.0369 e. The van der Waals surface area contributed by atoms with E-state index < -0.39 is 0 Å². The van der Waals surface area contributed by atoms with Crippen LogP contribution in [0.5, 0.6) is 0 Å². The van der Waals surface area contributed by atoms with Crippen LogP contribution in [0.2, 0.25) is 0 Å². The second-order valence-electron chi connectivity index (χ2n) is 6.73. The number of benzene rings is 1. The Bertz CT molecular complexity index is 358. The van der Waals surface area contributed by atoms with Crippen molar-refractivity contribution < 1.29 is 0 Å². The summed E-state index contributed by atoms with van der Waals surface area (Å²) in [4.78, 5) is 0. The Hall–Kier alpha value is -0.820. The molecule has 0 bridgehead atoms. The summed E-state index contributed by atoms with van der Waals surface area (Å²) in [6, 6.07) is 9.64. The summed E-state index contributed by atoms with van der Waals surface area (Å²) in [5.41, 5.74) is 3.11. The third-order valence-electron chi connectivity index (χ3n) is 3.92. The number of hydrogen-bond acceptors (Lipinski definition) is 1. The first-order valence-corrected chi connectivity index (χ1v) is 7.73. The van der Waals surface area contributed by atoms with Gasteiger partial charge in [0.05, 0.1) is 0 Å². The second-order valence-corrected chi connectivity index (χ2v) is 6.73. The first-order chi connectivity index (χ1) is 8.90. The average Bonchev–Trinajstić information content (AvgIpc) is 2.37.